The molecule has 2 amide bonds. The number of ether oxygens (including phenoxy) is 3. The van der Waals surface area contributed by atoms with Gasteiger partial charge in [-0.25, -0.2) is 5.43 Å². The number of methoxy groups -OCH3 is 1. The number of rotatable bonds is 11. The summed E-state index contributed by atoms with van der Waals surface area (Å²) in [6, 6.07) is 10.7. The number of nitrogens with one attached hydrogen (secondary N) is 2. The van der Waals surface area contributed by atoms with Crippen molar-refractivity contribution >= 4 is 46.3 Å². The van der Waals surface area contributed by atoms with Crippen LogP contribution < -0.4 is 25.0 Å². The van der Waals surface area contributed by atoms with Crippen LogP contribution in [0.2, 0.25) is 0 Å². The van der Waals surface area contributed by atoms with E-state index in [2.05, 4.69) is 38.4 Å². The smallest absolute Gasteiger partial charge is 0.240 e. The lowest BCUT2D eigenvalue weighted by Gasteiger charge is -2.11. The lowest BCUT2D eigenvalue weighted by molar-refractivity contribution is -0.124. The number of amides is 2. The van der Waals surface area contributed by atoms with E-state index in [0.29, 0.717) is 30.4 Å². The van der Waals surface area contributed by atoms with Gasteiger partial charge in [0.15, 0.2) is 11.5 Å². The zero-order valence-corrected chi connectivity index (χ0v) is 19.9. The topological polar surface area (TPSA) is 98.2 Å². The number of carbonyl (C=O) groups excluding carboxylic acids is 2. The minimum absolute atomic E-state index is 0.0184. The van der Waals surface area contributed by atoms with Gasteiger partial charge in [0, 0.05) is 18.5 Å². The lowest BCUT2D eigenvalue weighted by Crippen LogP contribution is -2.20. The number of hydrogen-bond donors (Lipinski definition) is 2. The van der Waals surface area contributed by atoms with Crippen LogP contribution in [0, 0.1) is 3.57 Å². The van der Waals surface area contributed by atoms with Crippen LogP contribution in [0.4, 0.5) is 5.69 Å². The van der Waals surface area contributed by atoms with Crippen LogP contribution in [0.25, 0.3) is 0 Å². The Bertz CT molecular complexity index is 916. The zero-order chi connectivity index (χ0) is 22.6. The first-order valence-electron chi connectivity index (χ1n) is 9.81. The number of benzene rings is 2. The van der Waals surface area contributed by atoms with E-state index in [4.69, 9.17) is 14.2 Å². The van der Waals surface area contributed by atoms with Gasteiger partial charge in [-0.3, -0.25) is 9.59 Å². The predicted molar refractivity (Wildman–Crippen MR) is 128 cm³/mol. The van der Waals surface area contributed by atoms with E-state index in [1.54, 1.807) is 37.4 Å². The summed E-state index contributed by atoms with van der Waals surface area (Å²) in [5, 5.41) is 6.70. The molecule has 0 aromatic heterocycles. The Hall–Kier alpha value is -2.82. The van der Waals surface area contributed by atoms with E-state index in [9.17, 15) is 9.59 Å². The third-order valence-electron chi connectivity index (χ3n) is 3.97. The molecular formula is C22H26IN3O5. The van der Waals surface area contributed by atoms with Crippen LogP contribution in [0.15, 0.2) is 41.5 Å². The number of hydrazone groups is 1. The van der Waals surface area contributed by atoms with Crippen molar-refractivity contribution in [3.63, 3.8) is 0 Å². The van der Waals surface area contributed by atoms with Crippen LogP contribution in [0.5, 0.6) is 17.2 Å². The van der Waals surface area contributed by atoms with E-state index in [1.807, 2.05) is 19.9 Å². The Morgan fingerprint density at radius 3 is 2.35 bits per heavy atom. The van der Waals surface area contributed by atoms with E-state index < -0.39 is 0 Å². The van der Waals surface area contributed by atoms with Crippen molar-refractivity contribution in [1.82, 2.24) is 5.43 Å². The Morgan fingerprint density at radius 1 is 1.03 bits per heavy atom. The summed E-state index contributed by atoms with van der Waals surface area (Å²) >= 11 is 2.15. The second-order valence-corrected chi connectivity index (χ2v) is 7.43. The maximum absolute atomic E-state index is 12.0. The number of nitrogens with zero attached hydrogens (tertiary/aromatic N) is 1. The summed E-state index contributed by atoms with van der Waals surface area (Å²) in [6.45, 7) is 4.87. The zero-order valence-electron chi connectivity index (χ0n) is 17.7. The molecule has 2 aromatic rings. The molecule has 0 aliphatic carbocycles. The number of anilines is 1. The Balaban J connectivity index is 1.82. The average Bonchev–Trinajstić information content (AvgIpc) is 2.74. The molecule has 166 valence electrons. The van der Waals surface area contributed by atoms with Gasteiger partial charge < -0.3 is 19.5 Å². The standard InChI is InChI=1S/C22H26IN3O5/c1-4-30-17-8-6-16(7-9-17)25-20(27)10-11-21(28)26-24-14-15-12-18(23)22(29-3)19(13-15)31-5-2/h6-9,12-14H,4-5,10-11H2,1-3H3,(H,25,27)(H,26,28). The molecule has 0 atom stereocenters. The number of carbonyl (C=O) groups is 2. The number of hydrogen-bond acceptors (Lipinski definition) is 6. The van der Waals surface area contributed by atoms with Crippen molar-refractivity contribution in [3.05, 3.63) is 45.5 Å². The SMILES string of the molecule is CCOc1ccc(NC(=O)CCC(=O)NN=Cc2cc(I)c(OC)c(OCC)c2)cc1. The third kappa shape index (κ3) is 8.08. The average molecular weight is 539 g/mol. The molecule has 9 heteroatoms. The molecule has 0 unspecified atom stereocenters. The monoisotopic (exact) mass is 539 g/mol. The maximum atomic E-state index is 12.0. The van der Waals surface area contributed by atoms with Crippen molar-refractivity contribution in [2.24, 2.45) is 5.10 Å². The molecular weight excluding hydrogens is 513 g/mol. The molecule has 0 saturated carbocycles. The fourth-order valence-corrected chi connectivity index (χ4v) is 3.46. The lowest BCUT2D eigenvalue weighted by atomic mass is 10.2. The largest absolute Gasteiger partial charge is 0.494 e. The first-order valence-corrected chi connectivity index (χ1v) is 10.9. The van der Waals surface area contributed by atoms with Crippen LogP contribution >= 0.6 is 22.6 Å². The first kappa shape index (κ1) is 24.4. The highest BCUT2D eigenvalue weighted by Gasteiger charge is 2.11. The molecule has 2 aromatic carbocycles. The van der Waals surface area contributed by atoms with Gasteiger partial charge in [-0.1, -0.05) is 0 Å². The van der Waals surface area contributed by atoms with Crippen molar-refractivity contribution in [1.29, 1.82) is 0 Å². The van der Waals surface area contributed by atoms with Gasteiger partial charge in [-0.2, -0.15) is 5.10 Å². The summed E-state index contributed by atoms with van der Waals surface area (Å²) in [6.07, 6.45) is 1.58. The predicted octanol–water partition coefficient (Wildman–Crippen LogP) is 3.97. The minimum Gasteiger partial charge on any atom is -0.494 e. The summed E-state index contributed by atoms with van der Waals surface area (Å²) in [4.78, 5) is 24.0. The van der Waals surface area contributed by atoms with Crippen LogP contribution in [-0.2, 0) is 9.59 Å². The molecule has 0 bridgehead atoms. The molecule has 0 spiro atoms. The van der Waals surface area contributed by atoms with Gasteiger partial charge in [0.2, 0.25) is 11.8 Å². The Kier molecular flexibility index (Phi) is 10.1. The van der Waals surface area contributed by atoms with Crippen molar-refractivity contribution in [2.45, 2.75) is 26.7 Å². The third-order valence-corrected chi connectivity index (χ3v) is 4.77. The first-order chi connectivity index (χ1) is 15.0. The van der Waals surface area contributed by atoms with Crippen molar-refractivity contribution in [3.8, 4) is 17.2 Å². The normalized spacial score (nSPS) is 10.6. The van der Waals surface area contributed by atoms with Crippen LogP contribution in [-0.4, -0.2) is 38.4 Å². The van der Waals surface area contributed by atoms with Crippen molar-refractivity contribution < 1.29 is 23.8 Å². The van der Waals surface area contributed by atoms with Gasteiger partial charge in [-0.05, 0) is 78.4 Å². The van der Waals surface area contributed by atoms with Gasteiger partial charge in [0.1, 0.15) is 5.75 Å². The molecule has 2 N–H and O–H groups in total. The molecule has 0 fully saturated rings. The van der Waals surface area contributed by atoms with E-state index >= 15 is 0 Å². The highest BCUT2D eigenvalue weighted by Crippen LogP contribution is 2.33. The van der Waals surface area contributed by atoms with Crippen LogP contribution in [0.3, 0.4) is 0 Å². The molecule has 0 heterocycles. The fourth-order valence-electron chi connectivity index (χ4n) is 2.61. The molecule has 0 aliphatic heterocycles. The molecule has 31 heavy (non-hydrogen) atoms. The van der Waals surface area contributed by atoms with E-state index in [1.165, 1.54) is 6.21 Å². The quantitative estimate of drug-likeness (QED) is 0.256. The molecule has 8 nitrogen and oxygen atoms in total. The summed E-state index contributed by atoms with van der Waals surface area (Å²) in [7, 11) is 1.58. The molecule has 0 saturated heterocycles. The van der Waals surface area contributed by atoms with Crippen LogP contribution in [0.1, 0.15) is 32.3 Å². The van der Waals surface area contributed by atoms with E-state index in [0.717, 1.165) is 14.9 Å². The minimum atomic E-state index is -0.355. The Morgan fingerprint density at radius 2 is 1.71 bits per heavy atom. The second kappa shape index (κ2) is 12.8. The number of halogens is 1. The van der Waals surface area contributed by atoms with Crippen molar-refractivity contribution in [2.75, 3.05) is 25.6 Å². The second-order valence-electron chi connectivity index (χ2n) is 6.27. The van der Waals surface area contributed by atoms with Gasteiger partial charge in [0.25, 0.3) is 0 Å². The highest BCUT2D eigenvalue weighted by atomic mass is 127. The van der Waals surface area contributed by atoms with Gasteiger partial charge >= 0.3 is 0 Å². The molecule has 0 radical (unpaired) electrons. The Labute approximate surface area is 195 Å². The molecule has 2 rings (SSSR count). The van der Waals surface area contributed by atoms with E-state index in [-0.39, 0.29) is 24.7 Å². The molecule has 0 aliphatic rings. The fraction of sp³-hybridized carbons (Fsp3) is 0.318. The van der Waals surface area contributed by atoms with Gasteiger partial charge in [0.05, 0.1) is 30.1 Å². The van der Waals surface area contributed by atoms with Gasteiger partial charge in [-0.15, -0.1) is 0 Å². The maximum Gasteiger partial charge on any atom is 0.240 e. The highest BCUT2D eigenvalue weighted by molar-refractivity contribution is 14.1. The summed E-state index contributed by atoms with van der Waals surface area (Å²) in [5.74, 6) is 1.39. The summed E-state index contributed by atoms with van der Waals surface area (Å²) in [5.41, 5.74) is 3.83. The summed E-state index contributed by atoms with van der Waals surface area (Å²) < 4.78 is 17.2.